The molecular formula is C33H36N2O2Si. The quantitative estimate of drug-likeness (QED) is 0.226. The van der Waals surface area contributed by atoms with E-state index < -0.39 is 8.07 Å². The fourth-order valence-corrected chi connectivity index (χ4v) is 5.53. The molecule has 0 saturated heterocycles. The Morgan fingerprint density at radius 2 is 1.58 bits per heavy atom. The van der Waals surface area contributed by atoms with Crippen LogP contribution in [-0.2, 0) is 11.2 Å². The van der Waals surface area contributed by atoms with E-state index in [1.807, 2.05) is 43.9 Å². The number of carbonyl (C=O) groups is 1. The second kappa shape index (κ2) is 9.85. The van der Waals surface area contributed by atoms with Crippen LogP contribution in [0.3, 0.4) is 0 Å². The number of aromatic nitrogens is 1. The molecule has 0 bridgehead atoms. The van der Waals surface area contributed by atoms with Crippen LogP contribution in [0.15, 0.2) is 72.8 Å². The van der Waals surface area contributed by atoms with Crippen molar-refractivity contribution in [2.75, 3.05) is 6.54 Å². The van der Waals surface area contributed by atoms with E-state index in [-0.39, 0.29) is 17.6 Å². The van der Waals surface area contributed by atoms with Crippen LogP contribution in [0.25, 0.3) is 22.0 Å². The molecule has 1 atom stereocenters. The number of hydrogen-bond acceptors (Lipinski definition) is 2. The van der Waals surface area contributed by atoms with Gasteiger partial charge in [0.15, 0.2) is 0 Å². The van der Waals surface area contributed by atoms with E-state index in [0.717, 1.165) is 40.1 Å². The van der Waals surface area contributed by atoms with E-state index in [1.165, 1.54) is 10.9 Å². The molecule has 1 aromatic heterocycles. The van der Waals surface area contributed by atoms with E-state index in [9.17, 15) is 4.79 Å². The zero-order chi connectivity index (χ0) is 27.1. The maximum absolute atomic E-state index is 13.4. The van der Waals surface area contributed by atoms with Crippen LogP contribution in [0.2, 0.25) is 19.6 Å². The fourth-order valence-electron chi connectivity index (χ4n) is 5.05. The smallest absolute Gasteiger partial charge is 0.298 e. The largest absolute Gasteiger partial charge is 0.488 e. The molecule has 1 aliphatic rings. The summed E-state index contributed by atoms with van der Waals surface area (Å²) in [5, 5.41) is 1.24. The molecule has 194 valence electrons. The lowest BCUT2D eigenvalue weighted by Gasteiger charge is -2.35. The fraction of sp³-hybridized carbons (Fsp3) is 0.303. The molecule has 0 aliphatic carbocycles. The minimum Gasteiger partial charge on any atom is -0.488 e. The van der Waals surface area contributed by atoms with Gasteiger partial charge < -0.3 is 14.6 Å². The summed E-state index contributed by atoms with van der Waals surface area (Å²) >= 11 is 0. The summed E-state index contributed by atoms with van der Waals surface area (Å²) in [5.74, 6) is 3.75. The second-order valence-electron chi connectivity index (χ2n) is 12.1. The predicted molar refractivity (Wildman–Crippen MR) is 159 cm³/mol. The first-order valence-corrected chi connectivity index (χ1v) is 16.8. The molecule has 5 heteroatoms. The molecule has 0 saturated carbocycles. The van der Waals surface area contributed by atoms with Crippen molar-refractivity contribution in [2.45, 2.75) is 58.5 Å². The summed E-state index contributed by atoms with van der Waals surface area (Å²) < 4.78 is 5.97. The lowest BCUT2D eigenvalue weighted by atomic mass is 9.91. The highest BCUT2D eigenvalue weighted by molar-refractivity contribution is 6.84. The minimum absolute atomic E-state index is 0.0970. The molecule has 0 spiro atoms. The first kappa shape index (κ1) is 25.9. The number of ether oxygens (including phenoxy) is 1. The second-order valence-corrected chi connectivity index (χ2v) is 16.8. The van der Waals surface area contributed by atoms with Gasteiger partial charge in [0.2, 0.25) is 0 Å². The standard InChI is InChI=1S/C33H36N2O2Si/c1-33(2,3)37-26-17-15-24(16-18-26)23-11-13-25(14-12-23)32-31-28(27-9-7-8-10-29(27)34-31)19-21-35(32)30(36)20-22-38(4,5)6/h7-18,32,34H,19,21H2,1-6H3. The maximum atomic E-state index is 13.4. The average molecular weight is 521 g/mol. The molecule has 3 aromatic carbocycles. The molecule has 1 N–H and O–H groups in total. The molecule has 5 rings (SSSR count). The summed E-state index contributed by atoms with van der Waals surface area (Å²) in [4.78, 5) is 19.0. The van der Waals surface area contributed by atoms with E-state index in [1.54, 1.807) is 0 Å². The summed E-state index contributed by atoms with van der Waals surface area (Å²) in [5.41, 5.74) is 9.87. The number of para-hydroxylation sites is 1. The van der Waals surface area contributed by atoms with Crippen LogP contribution in [0.5, 0.6) is 5.75 Å². The van der Waals surface area contributed by atoms with Gasteiger partial charge in [-0.05, 0) is 73.6 Å². The van der Waals surface area contributed by atoms with Gasteiger partial charge >= 0.3 is 0 Å². The van der Waals surface area contributed by atoms with Crippen LogP contribution in [0.4, 0.5) is 0 Å². The van der Waals surface area contributed by atoms with Crippen LogP contribution in [-0.4, -0.2) is 36.0 Å². The van der Waals surface area contributed by atoms with Crippen molar-refractivity contribution in [1.29, 1.82) is 0 Å². The topological polar surface area (TPSA) is 45.3 Å². The average Bonchev–Trinajstić information content (AvgIpc) is 3.25. The molecular weight excluding hydrogens is 484 g/mol. The highest BCUT2D eigenvalue weighted by Crippen LogP contribution is 2.39. The zero-order valence-corrected chi connectivity index (χ0v) is 24.2. The van der Waals surface area contributed by atoms with Crippen LogP contribution in [0.1, 0.15) is 43.6 Å². The van der Waals surface area contributed by atoms with Gasteiger partial charge in [-0.15, -0.1) is 5.54 Å². The van der Waals surface area contributed by atoms with Crippen molar-refractivity contribution in [3.8, 4) is 28.3 Å². The Labute approximate surface area is 227 Å². The van der Waals surface area contributed by atoms with Gasteiger partial charge in [0.25, 0.3) is 5.91 Å². The van der Waals surface area contributed by atoms with Crippen LogP contribution in [0, 0.1) is 11.5 Å². The zero-order valence-electron chi connectivity index (χ0n) is 23.2. The third-order valence-electron chi connectivity index (χ3n) is 6.68. The Bertz CT molecular complexity index is 1530. The Balaban J connectivity index is 1.51. The molecule has 0 fully saturated rings. The van der Waals surface area contributed by atoms with Crippen LogP contribution >= 0.6 is 0 Å². The van der Waals surface area contributed by atoms with Gasteiger partial charge in [0.1, 0.15) is 19.4 Å². The molecule has 0 radical (unpaired) electrons. The number of carbonyl (C=O) groups excluding carboxylic acids is 1. The van der Waals surface area contributed by atoms with Gasteiger partial charge in [-0.2, -0.15) is 0 Å². The lowest BCUT2D eigenvalue weighted by molar-refractivity contribution is -0.127. The van der Waals surface area contributed by atoms with Crippen LogP contribution < -0.4 is 4.74 Å². The highest BCUT2D eigenvalue weighted by Gasteiger charge is 2.34. The summed E-state index contributed by atoms with van der Waals surface area (Å²) in [6.45, 7) is 13.3. The normalized spacial score (nSPS) is 15.5. The molecule has 4 nitrogen and oxygen atoms in total. The SMILES string of the molecule is CC(C)(C)Oc1ccc(-c2ccc(C3c4[nH]c5ccccc5c4CCN3C(=O)C#C[Si](C)(C)C)cc2)cc1. The number of hydrogen-bond donors (Lipinski definition) is 1. The number of nitrogens with zero attached hydrogens (tertiary/aromatic N) is 1. The number of nitrogens with one attached hydrogen (secondary N) is 1. The number of fused-ring (bicyclic) bond motifs is 3. The lowest BCUT2D eigenvalue weighted by Crippen LogP contribution is -2.40. The number of rotatable bonds is 3. The monoisotopic (exact) mass is 520 g/mol. The van der Waals surface area contributed by atoms with Crippen molar-refractivity contribution in [1.82, 2.24) is 9.88 Å². The summed E-state index contributed by atoms with van der Waals surface area (Å²) in [6.07, 6.45) is 0.817. The van der Waals surface area contributed by atoms with Gasteiger partial charge in [0, 0.05) is 23.1 Å². The Kier molecular flexibility index (Phi) is 6.71. The van der Waals surface area contributed by atoms with Gasteiger partial charge in [-0.25, -0.2) is 0 Å². The van der Waals surface area contributed by atoms with Crippen molar-refractivity contribution in [3.63, 3.8) is 0 Å². The number of benzene rings is 3. The number of amides is 1. The Hall–Kier alpha value is -3.75. The Morgan fingerprint density at radius 1 is 0.947 bits per heavy atom. The van der Waals surface area contributed by atoms with Gasteiger partial charge in [-0.1, -0.05) is 74.2 Å². The molecule has 2 heterocycles. The molecule has 4 aromatic rings. The van der Waals surface area contributed by atoms with E-state index in [2.05, 4.69) is 90.7 Å². The third-order valence-corrected chi connectivity index (χ3v) is 7.55. The first-order chi connectivity index (χ1) is 18.0. The molecule has 38 heavy (non-hydrogen) atoms. The van der Waals surface area contributed by atoms with Crippen molar-refractivity contribution >= 4 is 24.9 Å². The highest BCUT2D eigenvalue weighted by atomic mass is 28.3. The van der Waals surface area contributed by atoms with Gasteiger partial charge in [0.05, 0.1) is 6.04 Å². The number of aromatic amines is 1. The number of H-pyrrole nitrogens is 1. The van der Waals surface area contributed by atoms with Crippen molar-refractivity contribution < 1.29 is 9.53 Å². The maximum Gasteiger partial charge on any atom is 0.298 e. The van der Waals surface area contributed by atoms with Gasteiger partial charge in [-0.3, -0.25) is 4.79 Å². The predicted octanol–water partition coefficient (Wildman–Crippen LogP) is 7.37. The summed E-state index contributed by atoms with van der Waals surface area (Å²) in [6, 6.07) is 25.0. The summed E-state index contributed by atoms with van der Waals surface area (Å²) in [7, 11) is -1.67. The first-order valence-electron chi connectivity index (χ1n) is 13.3. The molecule has 1 aliphatic heterocycles. The van der Waals surface area contributed by atoms with E-state index in [0.29, 0.717) is 6.54 Å². The van der Waals surface area contributed by atoms with Crippen molar-refractivity contribution in [2.24, 2.45) is 0 Å². The molecule has 1 unspecified atom stereocenters. The molecule has 1 amide bonds. The Morgan fingerprint density at radius 3 is 2.21 bits per heavy atom. The third kappa shape index (κ3) is 5.56. The van der Waals surface area contributed by atoms with E-state index >= 15 is 0 Å². The minimum atomic E-state index is -1.67. The van der Waals surface area contributed by atoms with Crippen molar-refractivity contribution in [3.05, 3.63) is 89.6 Å². The van der Waals surface area contributed by atoms with E-state index in [4.69, 9.17) is 4.74 Å².